The molecule has 2 rings (SSSR count). The van der Waals surface area contributed by atoms with Crippen molar-refractivity contribution >= 4 is 11.9 Å². The maximum atomic E-state index is 13.3. The molecule has 1 heterocycles. The number of ether oxygens (including phenoxy) is 1. The highest BCUT2D eigenvalue weighted by Crippen LogP contribution is 2.17. The van der Waals surface area contributed by atoms with Crippen molar-refractivity contribution in [2.24, 2.45) is 7.05 Å². The third kappa shape index (κ3) is 4.41. The van der Waals surface area contributed by atoms with Gasteiger partial charge in [-0.05, 0) is 24.6 Å². The molecule has 0 aliphatic heterocycles. The second kappa shape index (κ2) is 7.72. The largest absolute Gasteiger partial charge is 0.467 e. The first kappa shape index (κ1) is 17.7. The standard InChI is InChI=1S/C17H20FN3O3/c1-11(12-5-4-6-13(18)7-12)16(22)20-15(17(23)24-3)8-14-9-21(2)10-19-14/h4-7,9-11,15H,8H2,1-3H3,(H,20,22)/t11?,15-/m0/s1. The number of aryl methyl sites for hydroxylation is 1. The van der Waals surface area contributed by atoms with Gasteiger partial charge < -0.3 is 14.6 Å². The van der Waals surface area contributed by atoms with Gasteiger partial charge in [-0.25, -0.2) is 14.2 Å². The molecule has 7 heteroatoms. The van der Waals surface area contributed by atoms with E-state index < -0.39 is 23.7 Å². The van der Waals surface area contributed by atoms with E-state index >= 15 is 0 Å². The van der Waals surface area contributed by atoms with Crippen molar-refractivity contribution in [3.8, 4) is 0 Å². The summed E-state index contributed by atoms with van der Waals surface area (Å²) in [5.74, 6) is -1.95. The highest BCUT2D eigenvalue weighted by molar-refractivity contribution is 5.88. The minimum atomic E-state index is -0.853. The number of rotatable bonds is 6. The molecule has 2 atom stereocenters. The Hall–Kier alpha value is -2.70. The van der Waals surface area contributed by atoms with Crippen LogP contribution in [0.25, 0.3) is 0 Å². The van der Waals surface area contributed by atoms with E-state index in [1.165, 1.54) is 19.2 Å². The highest BCUT2D eigenvalue weighted by atomic mass is 19.1. The van der Waals surface area contributed by atoms with Gasteiger partial charge in [0.25, 0.3) is 0 Å². The summed E-state index contributed by atoms with van der Waals surface area (Å²) in [5, 5.41) is 2.66. The van der Waals surface area contributed by atoms with Crippen molar-refractivity contribution < 1.29 is 18.7 Å². The predicted octanol–water partition coefficient (Wildman–Crippen LogP) is 1.56. The fourth-order valence-electron chi connectivity index (χ4n) is 2.34. The van der Waals surface area contributed by atoms with Gasteiger partial charge in [0, 0.05) is 19.7 Å². The van der Waals surface area contributed by atoms with Crippen molar-refractivity contribution in [2.75, 3.05) is 7.11 Å². The summed E-state index contributed by atoms with van der Waals surface area (Å²) in [4.78, 5) is 28.5. The topological polar surface area (TPSA) is 73.2 Å². The van der Waals surface area contributed by atoms with E-state index in [2.05, 4.69) is 10.3 Å². The Morgan fingerprint density at radius 2 is 2.17 bits per heavy atom. The van der Waals surface area contributed by atoms with E-state index in [1.54, 1.807) is 36.1 Å². The van der Waals surface area contributed by atoms with Crippen LogP contribution in [0.2, 0.25) is 0 Å². The maximum Gasteiger partial charge on any atom is 0.328 e. The van der Waals surface area contributed by atoms with Crippen LogP contribution in [0.3, 0.4) is 0 Å². The number of benzene rings is 1. The molecule has 2 aromatic rings. The fraction of sp³-hybridized carbons (Fsp3) is 0.353. The quantitative estimate of drug-likeness (QED) is 0.814. The Morgan fingerprint density at radius 1 is 1.42 bits per heavy atom. The zero-order valence-electron chi connectivity index (χ0n) is 13.8. The Morgan fingerprint density at radius 3 is 2.75 bits per heavy atom. The van der Waals surface area contributed by atoms with Crippen LogP contribution >= 0.6 is 0 Å². The van der Waals surface area contributed by atoms with Crippen molar-refractivity contribution in [3.63, 3.8) is 0 Å². The zero-order valence-corrected chi connectivity index (χ0v) is 13.8. The Bertz CT molecular complexity index is 729. The molecule has 1 aromatic carbocycles. The third-order valence-electron chi connectivity index (χ3n) is 3.72. The number of aromatic nitrogens is 2. The molecule has 0 bridgehead atoms. The van der Waals surface area contributed by atoms with Crippen LogP contribution in [0.1, 0.15) is 24.1 Å². The number of hydrogen-bond acceptors (Lipinski definition) is 4. The molecule has 0 saturated carbocycles. The molecule has 128 valence electrons. The van der Waals surface area contributed by atoms with E-state index in [4.69, 9.17) is 4.74 Å². The molecule has 0 aliphatic carbocycles. The predicted molar refractivity (Wildman–Crippen MR) is 85.7 cm³/mol. The molecule has 6 nitrogen and oxygen atoms in total. The van der Waals surface area contributed by atoms with E-state index in [-0.39, 0.29) is 12.3 Å². The van der Waals surface area contributed by atoms with Gasteiger partial charge in [-0.1, -0.05) is 12.1 Å². The summed E-state index contributed by atoms with van der Waals surface area (Å²) in [6, 6.07) is 4.97. The lowest BCUT2D eigenvalue weighted by molar-refractivity contribution is -0.145. The molecular weight excluding hydrogens is 313 g/mol. The second-order valence-electron chi connectivity index (χ2n) is 5.60. The minimum Gasteiger partial charge on any atom is -0.467 e. The smallest absolute Gasteiger partial charge is 0.328 e. The van der Waals surface area contributed by atoms with Crippen molar-refractivity contribution in [3.05, 3.63) is 53.9 Å². The highest BCUT2D eigenvalue weighted by Gasteiger charge is 2.26. The number of carbonyl (C=O) groups excluding carboxylic acids is 2. The number of nitrogens with one attached hydrogen (secondary N) is 1. The van der Waals surface area contributed by atoms with Gasteiger partial charge in [-0.2, -0.15) is 0 Å². The fourth-order valence-corrected chi connectivity index (χ4v) is 2.34. The Kier molecular flexibility index (Phi) is 5.68. The molecule has 1 aromatic heterocycles. The monoisotopic (exact) mass is 333 g/mol. The lowest BCUT2D eigenvalue weighted by Gasteiger charge is -2.19. The summed E-state index contributed by atoms with van der Waals surface area (Å²) in [7, 11) is 3.07. The molecule has 0 fully saturated rings. The van der Waals surface area contributed by atoms with Gasteiger partial charge in [-0.15, -0.1) is 0 Å². The summed E-state index contributed by atoms with van der Waals surface area (Å²) in [5.41, 5.74) is 1.19. The van der Waals surface area contributed by atoms with Crippen molar-refractivity contribution in [1.82, 2.24) is 14.9 Å². The normalized spacial score (nSPS) is 13.2. The number of imidazole rings is 1. The molecule has 0 radical (unpaired) electrons. The second-order valence-corrected chi connectivity index (χ2v) is 5.60. The number of carbonyl (C=O) groups is 2. The molecule has 0 spiro atoms. The molecule has 1 unspecified atom stereocenters. The minimum absolute atomic E-state index is 0.217. The van der Waals surface area contributed by atoms with Crippen LogP contribution < -0.4 is 5.32 Å². The van der Waals surface area contributed by atoms with E-state index in [0.29, 0.717) is 11.3 Å². The molecular formula is C17H20FN3O3. The van der Waals surface area contributed by atoms with Crippen LogP contribution in [-0.2, 0) is 27.8 Å². The number of halogens is 1. The van der Waals surface area contributed by atoms with E-state index in [9.17, 15) is 14.0 Å². The number of hydrogen-bond donors (Lipinski definition) is 1. The average Bonchev–Trinajstić information content (AvgIpc) is 2.97. The Balaban J connectivity index is 2.10. The van der Waals surface area contributed by atoms with Gasteiger partial charge in [0.15, 0.2) is 0 Å². The summed E-state index contributed by atoms with van der Waals surface area (Å²) < 4.78 is 19.8. The number of methoxy groups -OCH3 is 1. The van der Waals surface area contributed by atoms with Crippen molar-refractivity contribution in [2.45, 2.75) is 25.3 Å². The molecule has 1 amide bonds. The summed E-state index contributed by atoms with van der Waals surface area (Å²) in [6.07, 6.45) is 3.59. The SMILES string of the molecule is COC(=O)[C@H](Cc1cn(C)cn1)NC(=O)C(C)c1cccc(F)c1. The first-order chi connectivity index (χ1) is 11.4. The number of amides is 1. The van der Waals surface area contributed by atoms with Crippen molar-refractivity contribution in [1.29, 1.82) is 0 Å². The molecule has 0 saturated heterocycles. The van der Waals surface area contributed by atoms with Gasteiger partial charge in [0.05, 0.1) is 25.0 Å². The van der Waals surface area contributed by atoms with Gasteiger partial charge >= 0.3 is 5.97 Å². The first-order valence-electron chi connectivity index (χ1n) is 7.51. The van der Waals surface area contributed by atoms with E-state index in [0.717, 1.165) is 0 Å². The molecule has 24 heavy (non-hydrogen) atoms. The zero-order chi connectivity index (χ0) is 17.7. The maximum absolute atomic E-state index is 13.3. The third-order valence-corrected chi connectivity index (χ3v) is 3.72. The first-order valence-corrected chi connectivity index (χ1v) is 7.51. The lowest BCUT2D eigenvalue weighted by atomic mass is 9.99. The van der Waals surface area contributed by atoms with Crippen LogP contribution in [0.15, 0.2) is 36.8 Å². The van der Waals surface area contributed by atoms with Gasteiger partial charge in [-0.3, -0.25) is 4.79 Å². The van der Waals surface area contributed by atoms with Crippen LogP contribution in [0, 0.1) is 5.82 Å². The van der Waals surface area contributed by atoms with Crippen LogP contribution in [-0.4, -0.2) is 34.6 Å². The van der Waals surface area contributed by atoms with Crippen LogP contribution in [0.5, 0.6) is 0 Å². The average molecular weight is 333 g/mol. The van der Waals surface area contributed by atoms with Crippen LogP contribution in [0.4, 0.5) is 4.39 Å². The molecule has 0 aliphatic rings. The van der Waals surface area contributed by atoms with E-state index in [1.807, 2.05) is 7.05 Å². The summed E-state index contributed by atoms with van der Waals surface area (Å²) >= 11 is 0. The van der Waals surface area contributed by atoms with Gasteiger partial charge in [0.2, 0.25) is 5.91 Å². The molecule has 1 N–H and O–H groups in total. The number of nitrogens with zero attached hydrogens (tertiary/aromatic N) is 2. The summed E-state index contributed by atoms with van der Waals surface area (Å²) in [6.45, 7) is 1.65. The lowest BCUT2D eigenvalue weighted by Crippen LogP contribution is -2.44. The Labute approximate surface area is 139 Å². The van der Waals surface area contributed by atoms with Gasteiger partial charge in [0.1, 0.15) is 11.9 Å². The number of esters is 1.